The number of hydrogen-bond donors (Lipinski definition) is 1. The van der Waals surface area contributed by atoms with Crippen molar-refractivity contribution in [1.82, 2.24) is 5.32 Å². The molecule has 19 heavy (non-hydrogen) atoms. The molecule has 2 rings (SSSR count). The highest BCUT2D eigenvalue weighted by Gasteiger charge is 2.05. The smallest absolute Gasteiger partial charge is 0.137 e. The van der Waals surface area contributed by atoms with E-state index in [4.69, 9.17) is 0 Å². The molecule has 0 aromatic heterocycles. The largest absolute Gasteiger partial charge is 0.313 e. The Balaban J connectivity index is 2.08. The van der Waals surface area contributed by atoms with E-state index < -0.39 is 11.6 Å². The molecule has 0 aliphatic rings. The van der Waals surface area contributed by atoms with Crippen molar-refractivity contribution in [1.29, 1.82) is 0 Å². The molecule has 0 fully saturated rings. The van der Waals surface area contributed by atoms with Gasteiger partial charge in [0.05, 0.1) is 4.90 Å². The quantitative estimate of drug-likeness (QED) is 0.879. The third-order valence-corrected chi connectivity index (χ3v) is 3.66. The van der Waals surface area contributed by atoms with Gasteiger partial charge in [0.25, 0.3) is 0 Å². The maximum atomic E-state index is 13.5. The van der Waals surface area contributed by atoms with Gasteiger partial charge in [-0.15, -0.1) is 0 Å². The predicted molar refractivity (Wildman–Crippen MR) is 74.3 cm³/mol. The van der Waals surface area contributed by atoms with Gasteiger partial charge in [0.1, 0.15) is 11.6 Å². The second-order valence-electron chi connectivity index (χ2n) is 4.10. The van der Waals surface area contributed by atoms with E-state index in [0.717, 1.165) is 30.1 Å². The van der Waals surface area contributed by atoms with Crippen molar-refractivity contribution >= 4 is 11.8 Å². The first-order valence-electron chi connectivity index (χ1n) is 6.11. The first kappa shape index (κ1) is 14.0. The van der Waals surface area contributed by atoms with Crippen LogP contribution < -0.4 is 5.32 Å². The van der Waals surface area contributed by atoms with Crippen LogP contribution in [-0.2, 0) is 6.54 Å². The van der Waals surface area contributed by atoms with Gasteiger partial charge in [-0.25, -0.2) is 8.78 Å². The third-order valence-electron chi connectivity index (χ3n) is 2.62. The monoisotopic (exact) mass is 279 g/mol. The molecule has 1 N–H and O–H groups in total. The van der Waals surface area contributed by atoms with Crippen molar-refractivity contribution in [3.63, 3.8) is 0 Å². The maximum Gasteiger partial charge on any atom is 0.137 e. The zero-order chi connectivity index (χ0) is 13.7. The van der Waals surface area contributed by atoms with Crippen LogP contribution >= 0.6 is 11.8 Å². The van der Waals surface area contributed by atoms with Gasteiger partial charge in [-0.05, 0) is 42.4 Å². The molecule has 100 valence electrons. The molecule has 1 nitrogen and oxygen atoms in total. The van der Waals surface area contributed by atoms with Crippen LogP contribution in [0, 0.1) is 11.6 Å². The van der Waals surface area contributed by atoms with E-state index in [0.29, 0.717) is 4.90 Å². The van der Waals surface area contributed by atoms with Gasteiger partial charge >= 0.3 is 0 Å². The Hall–Kier alpha value is -1.39. The molecule has 4 heteroatoms. The molecular weight excluding hydrogens is 264 g/mol. The molecule has 0 aliphatic heterocycles. The lowest BCUT2D eigenvalue weighted by molar-refractivity contribution is 0.577. The lowest BCUT2D eigenvalue weighted by atomic mass is 10.2. The summed E-state index contributed by atoms with van der Waals surface area (Å²) in [5, 5.41) is 3.23. The summed E-state index contributed by atoms with van der Waals surface area (Å²) in [5.41, 5.74) is 1.17. The molecule has 0 amide bonds. The summed E-state index contributed by atoms with van der Waals surface area (Å²) in [5.74, 6) is -0.823. The summed E-state index contributed by atoms with van der Waals surface area (Å²) in [6.45, 7) is 3.79. The van der Waals surface area contributed by atoms with Crippen LogP contribution in [0.3, 0.4) is 0 Å². The van der Waals surface area contributed by atoms with Gasteiger partial charge in [-0.3, -0.25) is 0 Å². The van der Waals surface area contributed by atoms with Crippen molar-refractivity contribution in [2.24, 2.45) is 0 Å². The highest BCUT2D eigenvalue weighted by atomic mass is 32.2. The zero-order valence-electron chi connectivity index (χ0n) is 10.6. The molecule has 0 bridgehead atoms. The fourth-order valence-electron chi connectivity index (χ4n) is 1.63. The highest BCUT2D eigenvalue weighted by Crippen LogP contribution is 2.30. The Morgan fingerprint density at radius 2 is 1.79 bits per heavy atom. The minimum Gasteiger partial charge on any atom is -0.313 e. The average molecular weight is 279 g/mol. The van der Waals surface area contributed by atoms with E-state index in [9.17, 15) is 8.78 Å². The Kier molecular flexibility index (Phi) is 4.93. The minimum atomic E-state index is -0.423. The summed E-state index contributed by atoms with van der Waals surface area (Å²) < 4.78 is 26.6. The number of benzene rings is 2. The van der Waals surface area contributed by atoms with Crippen LogP contribution in [-0.4, -0.2) is 6.54 Å². The van der Waals surface area contributed by atoms with Gasteiger partial charge in [-0.1, -0.05) is 30.8 Å². The fraction of sp³-hybridized carbons (Fsp3) is 0.200. The number of halogens is 2. The van der Waals surface area contributed by atoms with Crippen LogP contribution in [0.25, 0.3) is 0 Å². The van der Waals surface area contributed by atoms with E-state index in [1.165, 1.54) is 23.4 Å². The lowest BCUT2D eigenvalue weighted by Gasteiger charge is -2.05. The number of hydrogen-bond acceptors (Lipinski definition) is 2. The van der Waals surface area contributed by atoms with E-state index in [2.05, 4.69) is 12.2 Å². The molecule has 0 unspecified atom stereocenters. The summed E-state index contributed by atoms with van der Waals surface area (Å²) >= 11 is 1.23. The Morgan fingerprint density at radius 3 is 2.47 bits per heavy atom. The molecule has 2 aromatic rings. The summed E-state index contributed by atoms with van der Waals surface area (Å²) in [6.07, 6.45) is 0. The standard InChI is InChI=1S/C15H15F2NS/c1-2-18-10-11-3-6-13(7-4-11)19-15-9-12(16)5-8-14(15)17/h3-9,18H,2,10H2,1H3. The van der Waals surface area contributed by atoms with Crippen molar-refractivity contribution in [2.75, 3.05) is 6.54 Å². The number of nitrogens with one attached hydrogen (secondary N) is 1. The SMILES string of the molecule is CCNCc1ccc(Sc2cc(F)ccc2F)cc1. The molecule has 0 saturated carbocycles. The zero-order valence-corrected chi connectivity index (χ0v) is 11.4. The lowest BCUT2D eigenvalue weighted by Crippen LogP contribution is -2.11. The Bertz CT molecular complexity index is 540. The van der Waals surface area contributed by atoms with E-state index >= 15 is 0 Å². The summed E-state index contributed by atoms with van der Waals surface area (Å²) in [6, 6.07) is 11.3. The second-order valence-corrected chi connectivity index (χ2v) is 5.22. The third kappa shape index (κ3) is 4.04. The van der Waals surface area contributed by atoms with Gasteiger partial charge in [-0.2, -0.15) is 0 Å². The Morgan fingerprint density at radius 1 is 1.05 bits per heavy atom. The molecule has 0 radical (unpaired) electrons. The maximum absolute atomic E-state index is 13.5. The molecule has 0 heterocycles. The van der Waals surface area contributed by atoms with Gasteiger partial charge in [0.2, 0.25) is 0 Å². The topological polar surface area (TPSA) is 12.0 Å². The normalized spacial score (nSPS) is 10.7. The van der Waals surface area contributed by atoms with Crippen molar-refractivity contribution < 1.29 is 8.78 Å². The van der Waals surface area contributed by atoms with Crippen LogP contribution in [0.2, 0.25) is 0 Å². The molecular formula is C15H15F2NS. The Labute approximate surface area is 116 Å². The molecule has 0 aliphatic carbocycles. The van der Waals surface area contributed by atoms with E-state index in [1.807, 2.05) is 24.3 Å². The average Bonchev–Trinajstić information content (AvgIpc) is 2.42. The molecule has 2 aromatic carbocycles. The second kappa shape index (κ2) is 6.68. The van der Waals surface area contributed by atoms with E-state index in [-0.39, 0.29) is 0 Å². The van der Waals surface area contributed by atoms with Crippen LogP contribution in [0.4, 0.5) is 8.78 Å². The number of rotatable bonds is 5. The molecule has 0 spiro atoms. The molecule has 0 saturated heterocycles. The first-order chi connectivity index (χ1) is 9.19. The predicted octanol–water partition coefficient (Wildman–Crippen LogP) is 4.23. The molecule has 0 atom stereocenters. The van der Waals surface area contributed by atoms with Gasteiger partial charge < -0.3 is 5.32 Å². The van der Waals surface area contributed by atoms with Gasteiger partial charge in [0.15, 0.2) is 0 Å². The van der Waals surface area contributed by atoms with Crippen molar-refractivity contribution in [2.45, 2.75) is 23.3 Å². The minimum absolute atomic E-state index is 0.305. The summed E-state index contributed by atoms with van der Waals surface area (Å²) in [7, 11) is 0. The summed E-state index contributed by atoms with van der Waals surface area (Å²) in [4.78, 5) is 1.20. The van der Waals surface area contributed by atoms with Gasteiger partial charge in [0, 0.05) is 11.4 Å². The fourth-order valence-corrected chi connectivity index (χ4v) is 2.49. The van der Waals surface area contributed by atoms with Crippen molar-refractivity contribution in [3.05, 3.63) is 59.7 Å². The highest BCUT2D eigenvalue weighted by molar-refractivity contribution is 7.99. The van der Waals surface area contributed by atoms with Crippen LogP contribution in [0.5, 0.6) is 0 Å². The first-order valence-corrected chi connectivity index (χ1v) is 6.93. The van der Waals surface area contributed by atoms with Crippen LogP contribution in [0.1, 0.15) is 12.5 Å². The van der Waals surface area contributed by atoms with Crippen LogP contribution in [0.15, 0.2) is 52.3 Å². The van der Waals surface area contributed by atoms with Crippen molar-refractivity contribution in [3.8, 4) is 0 Å². The van der Waals surface area contributed by atoms with E-state index in [1.54, 1.807) is 0 Å².